The third kappa shape index (κ3) is 3.02. The summed E-state index contributed by atoms with van der Waals surface area (Å²) in [6.07, 6.45) is 0. The van der Waals surface area contributed by atoms with Gasteiger partial charge < -0.3 is 4.74 Å². The minimum atomic E-state index is 0.857. The lowest BCUT2D eigenvalue weighted by Crippen LogP contribution is -1.79. The van der Waals surface area contributed by atoms with E-state index in [1.807, 2.05) is 29.6 Å². The maximum atomic E-state index is 5.90. The molecule has 4 aromatic heterocycles. The first-order chi connectivity index (χ1) is 12.3. The molecule has 2 nitrogen and oxygen atoms in total. The smallest absolute Gasteiger partial charge is 0.180 e. The van der Waals surface area contributed by atoms with Crippen LogP contribution < -0.4 is 4.74 Å². The standard InChI is InChI=1S/C19H11NOS4/c1-3-14(22-9-1)15-7-8-16(24-15)19-20-13-6-5-12(11-17(13)25-19)21-18-4-2-10-23-18/h1-11H. The van der Waals surface area contributed by atoms with Crippen molar-refractivity contribution in [3.05, 3.63) is 65.4 Å². The number of benzene rings is 1. The molecule has 0 bridgehead atoms. The second kappa shape index (κ2) is 6.38. The summed E-state index contributed by atoms with van der Waals surface area (Å²) in [7, 11) is 0. The lowest BCUT2D eigenvalue weighted by Gasteiger charge is -2.01. The predicted molar refractivity (Wildman–Crippen MR) is 111 cm³/mol. The van der Waals surface area contributed by atoms with Crippen molar-refractivity contribution in [3.63, 3.8) is 0 Å². The monoisotopic (exact) mass is 397 g/mol. The molecule has 0 unspecified atom stereocenters. The van der Waals surface area contributed by atoms with Gasteiger partial charge in [-0.2, -0.15) is 0 Å². The van der Waals surface area contributed by atoms with Crippen molar-refractivity contribution in [1.82, 2.24) is 4.98 Å². The first-order valence-electron chi connectivity index (χ1n) is 7.61. The SMILES string of the molecule is c1csc(Oc2ccc3nc(-c4ccc(-c5cccs5)s4)sc3c2)c1. The zero-order chi connectivity index (χ0) is 16.6. The van der Waals surface area contributed by atoms with Gasteiger partial charge in [0.15, 0.2) is 5.06 Å². The number of aromatic nitrogens is 1. The summed E-state index contributed by atoms with van der Waals surface area (Å²) in [5.41, 5.74) is 1.02. The van der Waals surface area contributed by atoms with Crippen LogP contribution in [-0.4, -0.2) is 4.98 Å². The van der Waals surface area contributed by atoms with Gasteiger partial charge in [-0.1, -0.05) is 6.07 Å². The highest BCUT2D eigenvalue weighted by atomic mass is 32.1. The molecule has 0 fully saturated rings. The van der Waals surface area contributed by atoms with E-state index >= 15 is 0 Å². The van der Waals surface area contributed by atoms with Crippen molar-refractivity contribution in [2.75, 3.05) is 0 Å². The maximum Gasteiger partial charge on any atom is 0.180 e. The molecule has 0 atom stereocenters. The fourth-order valence-electron chi connectivity index (χ4n) is 2.52. The van der Waals surface area contributed by atoms with Crippen LogP contribution in [0.15, 0.2) is 65.4 Å². The first-order valence-corrected chi connectivity index (χ1v) is 11.0. The van der Waals surface area contributed by atoms with Crippen LogP contribution in [0.4, 0.5) is 0 Å². The molecule has 1 aromatic carbocycles. The van der Waals surface area contributed by atoms with Crippen LogP contribution in [0.5, 0.6) is 10.8 Å². The molecule has 0 aliphatic heterocycles. The van der Waals surface area contributed by atoms with Gasteiger partial charge in [-0.15, -0.1) is 45.3 Å². The summed E-state index contributed by atoms with van der Waals surface area (Å²) in [6, 6.07) is 18.7. The Morgan fingerprint density at radius 1 is 0.760 bits per heavy atom. The molecule has 122 valence electrons. The largest absolute Gasteiger partial charge is 0.447 e. The molecule has 25 heavy (non-hydrogen) atoms. The molecule has 0 aliphatic carbocycles. The van der Waals surface area contributed by atoms with E-state index in [-0.39, 0.29) is 0 Å². The lowest BCUT2D eigenvalue weighted by atomic mass is 10.3. The highest BCUT2D eigenvalue weighted by Crippen LogP contribution is 2.40. The van der Waals surface area contributed by atoms with Crippen LogP contribution >= 0.6 is 45.3 Å². The second-order valence-electron chi connectivity index (χ2n) is 5.32. The third-order valence-corrected chi connectivity index (χ3v) is 7.74. The second-order valence-corrected chi connectivity index (χ2v) is 9.30. The zero-order valence-corrected chi connectivity index (χ0v) is 16.1. The molecule has 4 heterocycles. The molecule has 0 spiro atoms. The van der Waals surface area contributed by atoms with E-state index in [4.69, 9.17) is 9.72 Å². The molecule has 0 amide bonds. The van der Waals surface area contributed by atoms with Crippen molar-refractivity contribution in [2.45, 2.75) is 0 Å². The Bertz CT molecular complexity index is 1120. The summed E-state index contributed by atoms with van der Waals surface area (Å²) < 4.78 is 7.04. The molecule has 0 radical (unpaired) electrons. The van der Waals surface area contributed by atoms with Crippen LogP contribution in [0.1, 0.15) is 0 Å². The van der Waals surface area contributed by atoms with Crippen LogP contribution in [-0.2, 0) is 0 Å². The van der Waals surface area contributed by atoms with E-state index in [0.717, 1.165) is 26.0 Å². The Kier molecular flexibility index (Phi) is 3.90. The number of ether oxygens (including phenoxy) is 1. The van der Waals surface area contributed by atoms with Gasteiger partial charge in [0.05, 0.1) is 15.1 Å². The number of nitrogens with zero attached hydrogens (tertiary/aromatic N) is 1. The van der Waals surface area contributed by atoms with Gasteiger partial charge in [-0.25, -0.2) is 4.98 Å². The van der Waals surface area contributed by atoms with Crippen molar-refractivity contribution >= 4 is 55.6 Å². The first kappa shape index (κ1) is 15.3. The molecule has 0 saturated heterocycles. The number of fused-ring (bicyclic) bond motifs is 1. The Labute approximate surface area is 160 Å². The molecule has 0 aliphatic rings. The number of thiophene rings is 3. The van der Waals surface area contributed by atoms with Crippen LogP contribution in [0.2, 0.25) is 0 Å². The van der Waals surface area contributed by atoms with Gasteiger partial charge in [0.2, 0.25) is 0 Å². The van der Waals surface area contributed by atoms with Gasteiger partial charge in [-0.3, -0.25) is 0 Å². The quantitative estimate of drug-likeness (QED) is 0.311. The highest BCUT2D eigenvalue weighted by Gasteiger charge is 2.11. The predicted octanol–water partition coefficient (Wildman–Crippen LogP) is 7.61. The van der Waals surface area contributed by atoms with Crippen molar-refractivity contribution < 1.29 is 4.74 Å². The lowest BCUT2D eigenvalue weighted by molar-refractivity contribution is 0.497. The molecule has 0 N–H and O–H groups in total. The van der Waals surface area contributed by atoms with E-state index in [0.29, 0.717) is 0 Å². The molecule has 0 saturated carbocycles. The van der Waals surface area contributed by atoms with Gasteiger partial charge in [0.25, 0.3) is 0 Å². The Morgan fingerprint density at radius 2 is 1.64 bits per heavy atom. The fraction of sp³-hybridized carbons (Fsp3) is 0. The van der Waals surface area contributed by atoms with Gasteiger partial charge in [0, 0.05) is 15.8 Å². The highest BCUT2D eigenvalue weighted by molar-refractivity contribution is 7.28. The van der Waals surface area contributed by atoms with Crippen LogP contribution in [0.25, 0.3) is 29.9 Å². The minimum Gasteiger partial charge on any atom is -0.447 e. The topological polar surface area (TPSA) is 22.1 Å². The average molecular weight is 398 g/mol. The van der Waals surface area contributed by atoms with Crippen LogP contribution in [0.3, 0.4) is 0 Å². The summed E-state index contributed by atoms with van der Waals surface area (Å²) in [5, 5.41) is 6.10. The minimum absolute atomic E-state index is 0.857. The summed E-state index contributed by atoms with van der Waals surface area (Å²) in [5.74, 6) is 0.857. The normalized spacial score (nSPS) is 11.2. The Hall–Kier alpha value is -1.99. The summed E-state index contributed by atoms with van der Waals surface area (Å²) in [4.78, 5) is 8.61. The van der Waals surface area contributed by atoms with Crippen molar-refractivity contribution in [1.29, 1.82) is 0 Å². The number of hydrogen-bond acceptors (Lipinski definition) is 6. The third-order valence-electron chi connectivity index (χ3n) is 3.65. The van der Waals surface area contributed by atoms with Gasteiger partial charge in [0.1, 0.15) is 10.8 Å². The molecule has 6 heteroatoms. The summed E-state index contributed by atoms with van der Waals surface area (Å²) in [6.45, 7) is 0. The number of rotatable bonds is 4. The summed E-state index contributed by atoms with van der Waals surface area (Å²) >= 11 is 6.88. The van der Waals surface area contributed by atoms with Gasteiger partial charge in [-0.05, 0) is 53.2 Å². The van der Waals surface area contributed by atoms with E-state index < -0.39 is 0 Å². The fourth-order valence-corrected chi connectivity index (χ4v) is 6.00. The number of thiazole rings is 1. The average Bonchev–Trinajstić information content (AvgIpc) is 3.38. The number of hydrogen-bond donors (Lipinski definition) is 0. The molecular weight excluding hydrogens is 386 g/mol. The van der Waals surface area contributed by atoms with Gasteiger partial charge >= 0.3 is 0 Å². The van der Waals surface area contributed by atoms with Crippen LogP contribution in [0, 0.1) is 0 Å². The Balaban J connectivity index is 1.48. The van der Waals surface area contributed by atoms with E-state index in [1.165, 1.54) is 14.6 Å². The molecule has 5 rings (SSSR count). The van der Waals surface area contributed by atoms with E-state index in [2.05, 4.69) is 35.7 Å². The van der Waals surface area contributed by atoms with E-state index in [1.54, 1.807) is 45.3 Å². The Morgan fingerprint density at radius 3 is 2.48 bits per heavy atom. The molecule has 5 aromatic rings. The molecular formula is C19H11NOS4. The maximum absolute atomic E-state index is 5.90. The van der Waals surface area contributed by atoms with Crippen molar-refractivity contribution in [2.24, 2.45) is 0 Å². The zero-order valence-electron chi connectivity index (χ0n) is 12.8. The van der Waals surface area contributed by atoms with Crippen molar-refractivity contribution in [3.8, 4) is 30.5 Å². The van der Waals surface area contributed by atoms with E-state index in [9.17, 15) is 0 Å².